The van der Waals surface area contributed by atoms with E-state index in [0.717, 1.165) is 19.3 Å². The van der Waals surface area contributed by atoms with Crippen molar-refractivity contribution in [3.8, 4) is 0 Å². The van der Waals surface area contributed by atoms with Crippen LogP contribution in [0.2, 0.25) is 5.02 Å². The molecule has 3 rings (SSSR count). The zero-order chi connectivity index (χ0) is 12.7. The number of hydrogen-bond acceptors (Lipinski definition) is 3. The molecule has 1 aliphatic heterocycles. The molecule has 0 spiro atoms. The Morgan fingerprint density at radius 3 is 3.06 bits per heavy atom. The molecule has 1 aromatic carbocycles. The molecule has 2 N–H and O–H groups in total. The van der Waals surface area contributed by atoms with Gasteiger partial charge in [-0.05, 0) is 25.3 Å². The van der Waals surface area contributed by atoms with Gasteiger partial charge in [-0.25, -0.2) is 9.07 Å². The molecule has 1 fully saturated rings. The van der Waals surface area contributed by atoms with E-state index in [0.29, 0.717) is 23.2 Å². The molecule has 1 atom stereocenters. The van der Waals surface area contributed by atoms with Crippen molar-refractivity contribution in [2.75, 3.05) is 12.3 Å². The van der Waals surface area contributed by atoms with E-state index in [9.17, 15) is 4.39 Å². The number of rotatable bonds is 1. The Morgan fingerprint density at radius 1 is 1.50 bits per heavy atom. The van der Waals surface area contributed by atoms with Crippen molar-refractivity contribution in [1.82, 2.24) is 9.78 Å². The van der Waals surface area contributed by atoms with Gasteiger partial charge in [-0.1, -0.05) is 11.6 Å². The van der Waals surface area contributed by atoms with Gasteiger partial charge in [0.1, 0.15) is 5.52 Å². The van der Waals surface area contributed by atoms with Crippen molar-refractivity contribution < 1.29 is 9.13 Å². The van der Waals surface area contributed by atoms with Crippen molar-refractivity contribution in [2.45, 2.75) is 25.5 Å². The van der Waals surface area contributed by atoms with Crippen LogP contribution in [-0.2, 0) is 4.74 Å². The van der Waals surface area contributed by atoms with E-state index in [1.54, 1.807) is 4.68 Å². The lowest BCUT2D eigenvalue weighted by Crippen LogP contribution is -2.19. The van der Waals surface area contributed by atoms with Crippen LogP contribution in [0.1, 0.15) is 25.5 Å². The van der Waals surface area contributed by atoms with Gasteiger partial charge < -0.3 is 10.5 Å². The first-order valence-corrected chi connectivity index (χ1v) is 6.28. The lowest BCUT2D eigenvalue weighted by atomic mass is 10.1. The van der Waals surface area contributed by atoms with Crippen molar-refractivity contribution in [3.63, 3.8) is 0 Å². The molecule has 1 aromatic heterocycles. The average molecular weight is 270 g/mol. The summed E-state index contributed by atoms with van der Waals surface area (Å²) in [6, 6.07) is 1.22. The minimum Gasteiger partial charge on any atom is -0.397 e. The molecule has 1 aliphatic rings. The van der Waals surface area contributed by atoms with E-state index in [4.69, 9.17) is 22.1 Å². The van der Waals surface area contributed by atoms with E-state index < -0.39 is 5.82 Å². The Balaban J connectivity index is 2.16. The number of nitrogen functional groups attached to an aromatic ring is 1. The predicted molar refractivity (Wildman–Crippen MR) is 68.0 cm³/mol. The fourth-order valence-electron chi connectivity index (χ4n) is 2.32. The number of hydrogen-bond donors (Lipinski definition) is 1. The normalized spacial score (nSPS) is 20.4. The first kappa shape index (κ1) is 11.7. The molecule has 0 aliphatic carbocycles. The zero-order valence-corrected chi connectivity index (χ0v) is 10.5. The predicted octanol–water partition coefficient (Wildman–Crippen LogP) is 3.11. The molecule has 4 nitrogen and oxygen atoms in total. The molecule has 0 radical (unpaired) electrons. The summed E-state index contributed by atoms with van der Waals surface area (Å²) >= 11 is 5.85. The Labute approximate surface area is 108 Å². The molecule has 1 unspecified atom stereocenters. The maximum absolute atomic E-state index is 14.0. The van der Waals surface area contributed by atoms with Crippen LogP contribution in [0.3, 0.4) is 0 Å². The van der Waals surface area contributed by atoms with Crippen LogP contribution in [0.5, 0.6) is 0 Å². The fraction of sp³-hybridized carbons (Fsp3) is 0.417. The van der Waals surface area contributed by atoms with Crippen LogP contribution < -0.4 is 5.73 Å². The molecule has 2 heterocycles. The molecule has 0 saturated carbocycles. The minimum absolute atomic E-state index is 0.212. The zero-order valence-electron chi connectivity index (χ0n) is 9.70. The smallest absolute Gasteiger partial charge is 0.150 e. The number of anilines is 1. The van der Waals surface area contributed by atoms with E-state index >= 15 is 0 Å². The number of aromatic nitrogens is 2. The number of nitrogens with zero attached hydrogens (tertiary/aromatic N) is 2. The average Bonchev–Trinajstić information content (AvgIpc) is 2.82. The van der Waals surface area contributed by atoms with Gasteiger partial charge in [0.05, 0.1) is 16.9 Å². The number of ether oxygens (including phenoxy) is 1. The van der Waals surface area contributed by atoms with Gasteiger partial charge in [0.2, 0.25) is 0 Å². The topological polar surface area (TPSA) is 53.1 Å². The highest BCUT2D eigenvalue weighted by molar-refractivity contribution is 6.34. The molecule has 0 bridgehead atoms. The lowest BCUT2D eigenvalue weighted by molar-refractivity contribution is -0.0369. The quantitative estimate of drug-likeness (QED) is 0.810. The van der Waals surface area contributed by atoms with Crippen molar-refractivity contribution in [1.29, 1.82) is 0 Å². The van der Waals surface area contributed by atoms with Crippen molar-refractivity contribution in [3.05, 3.63) is 23.1 Å². The number of fused-ring (bicyclic) bond motifs is 1. The highest BCUT2D eigenvalue weighted by atomic mass is 35.5. The summed E-state index contributed by atoms with van der Waals surface area (Å²) in [5.41, 5.74) is 6.56. The lowest BCUT2D eigenvalue weighted by Gasteiger charge is -2.23. The van der Waals surface area contributed by atoms with Gasteiger partial charge in [0, 0.05) is 12.0 Å². The molecular formula is C12H13ClFN3O. The second-order valence-electron chi connectivity index (χ2n) is 4.43. The van der Waals surface area contributed by atoms with Crippen LogP contribution >= 0.6 is 11.6 Å². The third-order valence-electron chi connectivity index (χ3n) is 3.25. The maximum atomic E-state index is 14.0. The van der Waals surface area contributed by atoms with Gasteiger partial charge in [0.25, 0.3) is 0 Å². The summed E-state index contributed by atoms with van der Waals surface area (Å²) in [5.74, 6) is -0.420. The Bertz CT molecular complexity index is 593. The van der Waals surface area contributed by atoms with Crippen LogP contribution in [-0.4, -0.2) is 16.4 Å². The number of halogens is 2. The first-order chi connectivity index (χ1) is 8.68. The Kier molecular flexibility index (Phi) is 2.87. The van der Waals surface area contributed by atoms with Crippen LogP contribution in [0, 0.1) is 5.82 Å². The monoisotopic (exact) mass is 269 g/mol. The summed E-state index contributed by atoms with van der Waals surface area (Å²) in [5, 5.41) is 4.94. The largest absolute Gasteiger partial charge is 0.397 e. The number of benzene rings is 1. The standard InChI is InChI=1S/C12H13ClFN3O/c13-8-5-9(14)12-7(11(8)15)6-16-17(12)10-3-1-2-4-18-10/h5-6,10H,1-4,15H2. The molecule has 1 saturated heterocycles. The molecule has 96 valence electrons. The molecule has 6 heteroatoms. The number of nitrogens with two attached hydrogens (primary N) is 1. The summed E-state index contributed by atoms with van der Waals surface area (Å²) in [7, 11) is 0. The summed E-state index contributed by atoms with van der Waals surface area (Å²) < 4.78 is 21.2. The summed E-state index contributed by atoms with van der Waals surface area (Å²) in [6.45, 7) is 0.677. The van der Waals surface area contributed by atoms with Gasteiger partial charge in [-0.3, -0.25) is 0 Å². The molecule has 2 aromatic rings. The van der Waals surface area contributed by atoms with Gasteiger partial charge in [-0.15, -0.1) is 0 Å². The second kappa shape index (κ2) is 4.40. The Hall–Kier alpha value is -1.33. The molecule has 18 heavy (non-hydrogen) atoms. The van der Waals surface area contributed by atoms with E-state index in [2.05, 4.69) is 5.10 Å². The first-order valence-electron chi connectivity index (χ1n) is 5.91. The van der Waals surface area contributed by atoms with Crippen LogP contribution in [0.4, 0.5) is 10.1 Å². The highest BCUT2D eigenvalue weighted by Crippen LogP contribution is 2.33. The van der Waals surface area contributed by atoms with E-state index in [1.165, 1.54) is 12.3 Å². The SMILES string of the molecule is Nc1c(Cl)cc(F)c2c1cnn2C1CCCCO1. The second-order valence-corrected chi connectivity index (χ2v) is 4.83. The van der Waals surface area contributed by atoms with Gasteiger partial charge in [0.15, 0.2) is 12.0 Å². The van der Waals surface area contributed by atoms with E-state index in [-0.39, 0.29) is 11.3 Å². The van der Waals surface area contributed by atoms with Crippen LogP contribution in [0.25, 0.3) is 10.9 Å². The summed E-state index contributed by atoms with van der Waals surface area (Å²) in [4.78, 5) is 0. The fourth-order valence-corrected chi connectivity index (χ4v) is 2.52. The van der Waals surface area contributed by atoms with Crippen molar-refractivity contribution >= 4 is 28.2 Å². The molecule has 0 amide bonds. The van der Waals surface area contributed by atoms with Crippen molar-refractivity contribution in [2.24, 2.45) is 0 Å². The van der Waals surface area contributed by atoms with Gasteiger partial charge in [-0.2, -0.15) is 5.10 Å². The summed E-state index contributed by atoms with van der Waals surface area (Å²) in [6.07, 6.45) is 4.24. The van der Waals surface area contributed by atoms with E-state index in [1.807, 2.05) is 0 Å². The maximum Gasteiger partial charge on any atom is 0.150 e. The minimum atomic E-state index is -0.420. The molecular weight excluding hydrogens is 257 g/mol. The third kappa shape index (κ3) is 1.74. The highest BCUT2D eigenvalue weighted by Gasteiger charge is 2.22. The van der Waals surface area contributed by atoms with Crippen LogP contribution in [0.15, 0.2) is 12.3 Å². The Morgan fingerprint density at radius 2 is 2.33 bits per heavy atom. The third-order valence-corrected chi connectivity index (χ3v) is 3.56. The van der Waals surface area contributed by atoms with Gasteiger partial charge >= 0.3 is 0 Å².